The van der Waals surface area contributed by atoms with Crippen LogP contribution in [0, 0.1) is 6.92 Å². The van der Waals surface area contributed by atoms with Crippen molar-refractivity contribution in [2.45, 2.75) is 51.0 Å². The van der Waals surface area contributed by atoms with Crippen LogP contribution in [0.4, 0.5) is 0 Å². The van der Waals surface area contributed by atoms with Gasteiger partial charge in [0.25, 0.3) is 0 Å². The molecule has 0 amide bonds. The number of hydrogen-bond donors (Lipinski definition) is 0. The summed E-state index contributed by atoms with van der Waals surface area (Å²) in [5.41, 5.74) is 3.33. The SMILES string of the molecule is Cc1ccc2c(c1)C1(C)C=C/C(=C\C(=O)OCCN3CCCCC3)CC1O2. The third kappa shape index (κ3) is 3.81. The summed E-state index contributed by atoms with van der Waals surface area (Å²) in [6, 6.07) is 6.35. The molecule has 2 heterocycles. The lowest BCUT2D eigenvalue weighted by Crippen LogP contribution is -2.36. The Labute approximate surface area is 161 Å². The average Bonchev–Trinajstić information content (AvgIpc) is 2.94. The highest BCUT2D eigenvalue weighted by molar-refractivity contribution is 5.83. The van der Waals surface area contributed by atoms with E-state index in [0.29, 0.717) is 6.61 Å². The molecule has 2 atom stereocenters. The predicted octanol–water partition coefficient (Wildman–Crippen LogP) is 3.93. The minimum absolute atomic E-state index is 0.0340. The fourth-order valence-electron chi connectivity index (χ4n) is 4.39. The molecule has 1 fully saturated rings. The van der Waals surface area contributed by atoms with E-state index in [-0.39, 0.29) is 17.5 Å². The number of piperidine rings is 1. The van der Waals surface area contributed by atoms with Gasteiger partial charge in [-0.15, -0.1) is 0 Å². The third-order valence-electron chi connectivity index (χ3n) is 6.12. The molecule has 0 spiro atoms. The highest BCUT2D eigenvalue weighted by atomic mass is 16.5. The Kier molecular flexibility index (Phi) is 5.09. The van der Waals surface area contributed by atoms with E-state index >= 15 is 0 Å². The van der Waals surface area contributed by atoms with Crippen LogP contribution in [0.15, 0.2) is 42.0 Å². The van der Waals surface area contributed by atoms with Crippen LogP contribution in [-0.4, -0.2) is 43.2 Å². The van der Waals surface area contributed by atoms with Crippen LogP contribution in [0.3, 0.4) is 0 Å². The van der Waals surface area contributed by atoms with Crippen molar-refractivity contribution in [1.82, 2.24) is 4.90 Å². The Morgan fingerprint density at radius 1 is 1.33 bits per heavy atom. The lowest BCUT2D eigenvalue weighted by atomic mass is 9.73. The standard InChI is InChI=1S/C23H29NO3/c1-17-6-7-20-19(14-17)23(2)9-8-18(15-21(23)27-20)16-22(25)26-13-12-24-10-4-3-5-11-24/h6-9,14,16,21H,3-5,10-13,15H2,1-2H3/b18-16+. The quantitative estimate of drug-likeness (QED) is 0.597. The smallest absolute Gasteiger partial charge is 0.331 e. The van der Waals surface area contributed by atoms with E-state index in [2.05, 4.69) is 49.1 Å². The molecule has 27 heavy (non-hydrogen) atoms. The number of ether oxygens (including phenoxy) is 2. The zero-order chi connectivity index (χ0) is 18.9. The number of aryl methyl sites for hydroxylation is 1. The summed E-state index contributed by atoms with van der Waals surface area (Å²) in [4.78, 5) is 14.6. The van der Waals surface area contributed by atoms with Crippen LogP contribution in [0.2, 0.25) is 0 Å². The predicted molar refractivity (Wildman–Crippen MR) is 106 cm³/mol. The first kappa shape index (κ1) is 18.3. The molecule has 0 radical (unpaired) electrons. The number of hydrogen-bond acceptors (Lipinski definition) is 4. The van der Waals surface area contributed by atoms with Crippen molar-refractivity contribution in [3.8, 4) is 5.75 Å². The van der Waals surface area contributed by atoms with E-state index in [1.54, 1.807) is 6.08 Å². The van der Waals surface area contributed by atoms with Gasteiger partial charge in [0.1, 0.15) is 18.5 Å². The highest BCUT2D eigenvalue weighted by Crippen LogP contribution is 2.48. The molecule has 4 heteroatoms. The number of carbonyl (C=O) groups excluding carboxylic acids is 1. The van der Waals surface area contributed by atoms with Gasteiger partial charge in [0.15, 0.2) is 0 Å². The Morgan fingerprint density at radius 2 is 2.15 bits per heavy atom. The summed E-state index contributed by atoms with van der Waals surface area (Å²) in [5, 5.41) is 0. The first-order valence-corrected chi connectivity index (χ1v) is 10.1. The van der Waals surface area contributed by atoms with Crippen LogP contribution >= 0.6 is 0 Å². The normalized spacial score (nSPS) is 28.5. The molecule has 2 unspecified atom stereocenters. The van der Waals surface area contributed by atoms with Crippen LogP contribution in [-0.2, 0) is 14.9 Å². The third-order valence-corrected chi connectivity index (χ3v) is 6.12. The number of fused-ring (bicyclic) bond motifs is 3. The largest absolute Gasteiger partial charge is 0.489 e. The molecule has 0 aromatic heterocycles. The Bertz CT molecular complexity index is 776. The fourth-order valence-corrected chi connectivity index (χ4v) is 4.39. The van der Waals surface area contributed by atoms with E-state index in [1.165, 1.54) is 30.4 Å². The molecular formula is C23H29NO3. The highest BCUT2D eigenvalue weighted by Gasteiger charge is 2.45. The Morgan fingerprint density at radius 3 is 2.96 bits per heavy atom. The maximum absolute atomic E-state index is 12.2. The fraction of sp³-hybridized carbons (Fsp3) is 0.522. The van der Waals surface area contributed by atoms with Crippen molar-refractivity contribution in [2.24, 2.45) is 0 Å². The average molecular weight is 367 g/mol. The molecular weight excluding hydrogens is 338 g/mol. The zero-order valence-electron chi connectivity index (χ0n) is 16.4. The minimum atomic E-state index is -0.249. The summed E-state index contributed by atoms with van der Waals surface area (Å²) in [7, 11) is 0. The maximum atomic E-state index is 12.2. The first-order chi connectivity index (χ1) is 13.0. The van der Waals surface area contributed by atoms with Gasteiger partial charge in [-0.25, -0.2) is 4.79 Å². The second-order valence-electron chi connectivity index (χ2n) is 8.22. The van der Waals surface area contributed by atoms with Gasteiger partial charge in [-0.05, 0) is 51.4 Å². The molecule has 0 bridgehead atoms. The second-order valence-corrected chi connectivity index (χ2v) is 8.22. The van der Waals surface area contributed by atoms with E-state index in [0.717, 1.165) is 37.4 Å². The number of allylic oxidation sites excluding steroid dienone is 1. The van der Waals surface area contributed by atoms with E-state index in [9.17, 15) is 4.79 Å². The van der Waals surface area contributed by atoms with Gasteiger partial charge in [-0.1, -0.05) is 36.3 Å². The first-order valence-electron chi connectivity index (χ1n) is 10.1. The maximum Gasteiger partial charge on any atom is 0.331 e. The summed E-state index contributed by atoms with van der Waals surface area (Å²) >= 11 is 0. The number of esters is 1. The number of rotatable bonds is 4. The molecule has 4 rings (SSSR count). The van der Waals surface area contributed by atoms with E-state index in [1.807, 2.05) is 0 Å². The number of benzene rings is 1. The lowest BCUT2D eigenvalue weighted by Gasteiger charge is -2.31. The van der Waals surface area contributed by atoms with Crippen molar-refractivity contribution in [1.29, 1.82) is 0 Å². The summed E-state index contributed by atoms with van der Waals surface area (Å²) in [5.74, 6) is 0.713. The van der Waals surface area contributed by atoms with Gasteiger partial charge in [-0.2, -0.15) is 0 Å². The molecule has 1 aliphatic carbocycles. The van der Waals surface area contributed by atoms with Gasteiger partial charge >= 0.3 is 5.97 Å². The summed E-state index contributed by atoms with van der Waals surface area (Å²) in [6.07, 6.45) is 10.5. The van der Waals surface area contributed by atoms with Gasteiger partial charge < -0.3 is 9.47 Å². The monoisotopic (exact) mass is 367 g/mol. The molecule has 1 saturated heterocycles. The van der Waals surface area contributed by atoms with Gasteiger partial charge in [0, 0.05) is 24.6 Å². The molecule has 4 nitrogen and oxygen atoms in total. The molecule has 0 N–H and O–H groups in total. The Hall–Kier alpha value is -2.07. The van der Waals surface area contributed by atoms with Crippen LogP contribution in [0.5, 0.6) is 5.75 Å². The Balaban J connectivity index is 1.36. The molecule has 144 valence electrons. The molecule has 1 aromatic carbocycles. The van der Waals surface area contributed by atoms with Crippen LogP contribution < -0.4 is 4.74 Å². The van der Waals surface area contributed by atoms with Crippen LogP contribution in [0.25, 0.3) is 0 Å². The molecule has 2 aliphatic heterocycles. The van der Waals surface area contributed by atoms with Gasteiger partial charge in [0.2, 0.25) is 0 Å². The number of nitrogens with zero attached hydrogens (tertiary/aromatic N) is 1. The van der Waals surface area contributed by atoms with Gasteiger partial charge in [-0.3, -0.25) is 4.90 Å². The number of likely N-dealkylation sites (tertiary alicyclic amines) is 1. The topological polar surface area (TPSA) is 38.8 Å². The molecule has 0 saturated carbocycles. The number of carbonyl (C=O) groups is 1. The van der Waals surface area contributed by atoms with Crippen LogP contribution in [0.1, 0.15) is 43.7 Å². The lowest BCUT2D eigenvalue weighted by molar-refractivity contribution is -0.138. The van der Waals surface area contributed by atoms with Crippen molar-refractivity contribution < 1.29 is 14.3 Å². The van der Waals surface area contributed by atoms with E-state index < -0.39 is 0 Å². The molecule has 3 aliphatic rings. The van der Waals surface area contributed by atoms with Crippen molar-refractivity contribution in [3.05, 3.63) is 53.1 Å². The van der Waals surface area contributed by atoms with Crippen molar-refractivity contribution in [2.75, 3.05) is 26.2 Å². The van der Waals surface area contributed by atoms with E-state index in [4.69, 9.17) is 9.47 Å². The minimum Gasteiger partial charge on any atom is -0.489 e. The van der Waals surface area contributed by atoms with Crippen molar-refractivity contribution >= 4 is 5.97 Å². The van der Waals surface area contributed by atoms with Crippen molar-refractivity contribution in [3.63, 3.8) is 0 Å². The zero-order valence-corrected chi connectivity index (χ0v) is 16.4. The second kappa shape index (κ2) is 7.51. The van der Waals surface area contributed by atoms with Gasteiger partial charge in [0.05, 0.1) is 5.41 Å². The molecule has 1 aromatic rings. The summed E-state index contributed by atoms with van der Waals surface area (Å²) < 4.78 is 11.6. The summed E-state index contributed by atoms with van der Waals surface area (Å²) in [6.45, 7) is 7.87.